The van der Waals surface area contributed by atoms with Gasteiger partial charge in [0.15, 0.2) is 9.84 Å². The molecular weight excluding hydrogens is 380 g/mol. The highest BCUT2D eigenvalue weighted by Crippen LogP contribution is 2.54. The molecule has 0 bridgehead atoms. The molecule has 1 aromatic heterocycles. The zero-order valence-electron chi connectivity index (χ0n) is 16.4. The van der Waals surface area contributed by atoms with Crippen LogP contribution < -0.4 is 0 Å². The van der Waals surface area contributed by atoms with Crippen molar-refractivity contribution in [3.63, 3.8) is 0 Å². The maximum atomic E-state index is 12.2. The van der Waals surface area contributed by atoms with E-state index in [2.05, 4.69) is 36.2 Å². The van der Waals surface area contributed by atoms with Crippen LogP contribution >= 0.6 is 0 Å². The SMILES string of the molecule is Cc1ccc(C2CC2c2nc3ccc(-c4ccccc4S(C)(=O)=O)cc3[nH]2)cc1. The number of sulfone groups is 1. The molecule has 1 aliphatic carbocycles. The second-order valence-corrected chi connectivity index (χ2v) is 9.97. The van der Waals surface area contributed by atoms with E-state index in [1.54, 1.807) is 12.1 Å². The van der Waals surface area contributed by atoms with Gasteiger partial charge in [-0.25, -0.2) is 13.4 Å². The fourth-order valence-electron chi connectivity index (χ4n) is 4.08. The molecule has 1 heterocycles. The van der Waals surface area contributed by atoms with Crippen LogP contribution in [0.25, 0.3) is 22.2 Å². The molecule has 1 aliphatic rings. The zero-order valence-corrected chi connectivity index (χ0v) is 17.2. The molecule has 5 rings (SSSR count). The van der Waals surface area contributed by atoms with Gasteiger partial charge in [-0.15, -0.1) is 0 Å². The summed E-state index contributed by atoms with van der Waals surface area (Å²) in [4.78, 5) is 8.62. The van der Waals surface area contributed by atoms with Crippen LogP contribution in [0.5, 0.6) is 0 Å². The highest BCUT2D eigenvalue weighted by molar-refractivity contribution is 7.90. The van der Waals surface area contributed by atoms with E-state index in [0.29, 0.717) is 16.7 Å². The van der Waals surface area contributed by atoms with Gasteiger partial charge in [-0.1, -0.05) is 54.1 Å². The van der Waals surface area contributed by atoms with Gasteiger partial charge in [0.1, 0.15) is 5.82 Å². The Bertz CT molecular complexity index is 1320. The fraction of sp³-hybridized carbons (Fsp3) is 0.208. The minimum absolute atomic E-state index is 0.348. The maximum Gasteiger partial charge on any atom is 0.176 e. The van der Waals surface area contributed by atoms with Gasteiger partial charge in [-0.05, 0) is 48.6 Å². The Morgan fingerprint density at radius 3 is 2.48 bits per heavy atom. The zero-order chi connectivity index (χ0) is 20.2. The summed E-state index contributed by atoms with van der Waals surface area (Å²) in [6.45, 7) is 2.10. The lowest BCUT2D eigenvalue weighted by atomic mass is 10.1. The Kier molecular flexibility index (Phi) is 4.10. The molecule has 0 spiro atoms. The van der Waals surface area contributed by atoms with Gasteiger partial charge in [0, 0.05) is 17.7 Å². The Hall–Kier alpha value is -2.92. The molecule has 2 atom stereocenters. The standard InChI is InChI=1S/C24H22N2O2S/c1-15-7-9-16(10-8-15)19-14-20(19)24-25-21-12-11-17(13-22(21)26-24)18-5-3-4-6-23(18)29(2,27)28/h3-13,19-20H,14H2,1-2H3,(H,25,26). The quantitative estimate of drug-likeness (QED) is 0.509. The number of aromatic amines is 1. The van der Waals surface area contributed by atoms with Crippen LogP contribution in [0.2, 0.25) is 0 Å². The van der Waals surface area contributed by atoms with Gasteiger partial charge in [-0.2, -0.15) is 0 Å². The first-order valence-electron chi connectivity index (χ1n) is 9.76. The van der Waals surface area contributed by atoms with E-state index >= 15 is 0 Å². The minimum Gasteiger partial charge on any atom is -0.342 e. The van der Waals surface area contributed by atoms with Crippen molar-refractivity contribution < 1.29 is 8.42 Å². The van der Waals surface area contributed by atoms with E-state index in [1.165, 1.54) is 17.4 Å². The third-order valence-electron chi connectivity index (χ3n) is 5.74. The first kappa shape index (κ1) is 18.1. The van der Waals surface area contributed by atoms with Gasteiger partial charge in [-0.3, -0.25) is 0 Å². The number of hydrogen-bond acceptors (Lipinski definition) is 3. The highest BCUT2D eigenvalue weighted by Gasteiger charge is 2.41. The second-order valence-electron chi connectivity index (χ2n) is 7.98. The summed E-state index contributed by atoms with van der Waals surface area (Å²) in [7, 11) is -3.30. The molecule has 0 saturated heterocycles. The van der Waals surface area contributed by atoms with E-state index in [-0.39, 0.29) is 0 Å². The van der Waals surface area contributed by atoms with Crippen LogP contribution in [0.1, 0.15) is 35.2 Å². The van der Waals surface area contributed by atoms with E-state index < -0.39 is 9.84 Å². The Morgan fingerprint density at radius 2 is 1.72 bits per heavy atom. The van der Waals surface area contributed by atoms with Gasteiger partial charge in [0.05, 0.1) is 15.9 Å². The normalized spacial score (nSPS) is 18.8. The van der Waals surface area contributed by atoms with E-state index in [4.69, 9.17) is 4.98 Å². The number of rotatable bonds is 4. The molecule has 1 N–H and O–H groups in total. The van der Waals surface area contributed by atoms with Gasteiger partial charge >= 0.3 is 0 Å². The highest BCUT2D eigenvalue weighted by atomic mass is 32.2. The van der Waals surface area contributed by atoms with Crippen LogP contribution in [0.4, 0.5) is 0 Å². The molecule has 5 heteroatoms. The van der Waals surface area contributed by atoms with Gasteiger partial charge < -0.3 is 4.98 Å². The first-order valence-corrected chi connectivity index (χ1v) is 11.6. The van der Waals surface area contributed by atoms with Gasteiger partial charge in [0.25, 0.3) is 0 Å². The Labute approximate surface area is 170 Å². The predicted molar refractivity (Wildman–Crippen MR) is 116 cm³/mol. The van der Waals surface area contributed by atoms with Crippen molar-refractivity contribution in [2.24, 2.45) is 0 Å². The van der Waals surface area contributed by atoms with Crippen molar-refractivity contribution in [1.29, 1.82) is 0 Å². The summed E-state index contributed by atoms with van der Waals surface area (Å²) < 4.78 is 24.3. The van der Waals surface area contributed by atoms with Crippen molar-refractivity contribution >= 4 is 20.9 Å². The lowest BCUT2D eigenvalue weighted by Gasteiger charge is -2.07. The fourth-order valence-corrected chi connectivity index (χ4v) is 4.99. The lowest BCUT2D eigenvalue weighted by Crippen LogP contribution is -1.99. The van der Waals surface area contributed by atoms with Crippen LogP contribution in [0, 0.1) is 6.92 Å². The number of nitrogens with one attached hydrogen (secondary N) is 1. The van der Waals surface area contributed by atoms with E-state index in [1.807, 2.05) is 30.3 Å². The van der Waals surface area contributed by atoms with Crippen LogP contribution in [0.3, 0.4) is 0 Å². The van der Waals surface area contributed by atoms with Crippen molar-refractivity contribution in [3.8, 4) is 11.1 Å². The summed E-state index contributed by atoms with van der Waals surface area (Å²) in [5.41, 5.74) is 6.09. The number of fused-ring (bicyclic) bond motifs is 1. The average Bonchev–Trinajstić information content (AvgIpc) is 3.39. The molecule has 0 radical (unpaired) electrons. The molecule has 1 saturated carbocycles. The number of imidazole rings is 1. The molecule has 4 aromatic rings. The summed E-state index contributed by atoms with van der Waals surface area (Å²) in [5.74, 6) is 1.94. The minimum atomic E-state index is -3.30. The number of aryl methyl sites for hydroxylation is 1. The Morgan fingerprint density at radius 1 is 0.966 bits per heavy atom. The van der Waals surface area contributed by atoms with Crippen molar-refractivity contribution in [3.05, 3.63) is 83.7 Å². The van der Waals surface area contributed by atoms with Gasteiger partial charge in [0.2, 0.25) is 0 Å². The third kappa shape index (κ3) is 3.36. The molecule has 0 aliphatic heterocycles. The summed E-state index contributed by atoms with van der Waals surface area (Å²) in [6.07, 6.45) is 2.35. The molecule has 146 valence electrons. The number of benzene rings is 3. The number of nitrogens with zero attached hydrogens (tertiary/aromatic N) is 1. The van der Waals surface area contributed by atoms with Crippen LogP contribution in [-0.2, 0) is 9.84 Å². The summed E-state index contributed by atoms with van der Waals surface area (Å²) in [6, 6.07) is 21.8. The molecule has 4 nitrogen and oxygen atoms in total. The predicted octanol–water partition coefficient (Wildman–Crippen LogP) is 5.21. The summed E-state index contributed by atoms with van der Waals surface area (Å²) in [5, 5.41) is 0. The number of hydrogen-bond donors (Lipinski definition) is 1. The summed E-state index contributed by atoms with van der Waals surface area (Å²) >= 11 is 0. The number of H-pyrrole nitrogens is 1. The molecule has 29 heavy (non-hydrogen) atoms. The second kappa shape index (κ2) is 6.56. The first-order chi connectivity index (χ1) is 13.9. The maximum absolute atomic E-state index is 12.2. The molecule has 1 fully saturated rings. The molecule has 2 unspecified atom stereocenters. The topological polar surface area (TPSA) is 62.8 Å². The monoisotopic (exact) mass is 402 g/mol. The lowest BCUT2D eigenvalue weighted by molar-refractivity contribution is 0.602. The molecular formula is C24H22N2O2S. The van der Waals surface area contributed by atoms with Crippen molar-refractivity contribution in [2.45, 2.75) is 30.1 Å². The van der Waals surface area contributed by atoms with E-state index in [0.717, 1.165) is 34.4 Å². The van der Waals surface area contributed by atoms with Crippen molar-refractivity contribution in [1.82, 2.24) is 9.97 Å². The van der Waals surface area contributed by atoms with Crippen LogP contribution in [0.15, 0.2) is 71.6 Å². The number of aromatic nitrogens is 2. The Balaban J connectivity index is 1.49. The van der Waals surface area contributed by atoms with E-state index in [9.17, 15) is 8.42 Å². The molecule has 0 amide bonds. The van der Waals surface area contributed by atoms with Crippen molar-refractivity contribution in [2.75, 3.05) is 6.26 Å². The van der Waals surface area contributed by atoms with Crippen LogP contribution in [-0.4, -0.2) is 24.6 Å². The average molecular weight is 403 g/mol. The molecule has 3 aromatic carbocycles. The third-order valence-corrected chi connectivity index (χ3v) is 6.90. The largest absolute Gasteiger partial charge is 0.342 e. The smallest absolute Gasteiger partial charge is 0.176 e.